The van der Waals surface area contributed by atoms with Gasteiger partial charge in [0.2, 0.25) is 5.91 Å². The highest BCUT2D eigenvalue weighted by atomic mass is 32.2. The number of carbonyl (C=O) groups is 1. The van der Waals surface area contributed by atoms with Crippen LogP contribution < -0.4 is 17.0 Å². The number of hydrogen-bond donors (Lipinski definition) is 3. The summed E-state index contributed by atoms with van der Waals surface area (Å²) < 4.78 is 0. The lowest BCUT2D eigenvalue weighted by Crippen LogP contribution is -2.42. The molecule has 0 saturated heterocycles. The molecule has 0 radical (unpaired) electrons. The molecule has 0 atom stereocenters. The molecule has 5 heteroatoms. The molecule has 1 aromatic carbocycles. The number of thioether (sulfide) groups is 1. The van der Waals surface area contributed by atoms with E-state index in [1.165, 1.54) is 0 Å². The number of rotatable bonds is 4. The Balaban J connectivity index is 2.74. The van der Waals surface area contributed by atoms with E-state index < -0.39 is 5.41 Å². The van der Waals surface area contributed by atoms with Gasteiger partial charge in [-0.2, -0.15) is 0 Å². The molecule has 1 rings (SSSR count). The zero-order chi connectivity index (χ0) is 13.1. The fourth-order valence-corrected chi connectivity index (χ4v) is 2.44. The third-order valence-electron chi connectivity index (χ3n) is 2.62. The molecule has 0 heterocycles. The number of hydrogen-bond acceptors (Lipinski definition) is 4. The van der Waals surface area contributed by atoms with Gasteiger partial charge in [0.1, 0.15) is 0 Å². The lowest BCUT2D eigenvalue weighted by molar-refractivity contribution is -0.128. The lowest BCUT2D eigenvalue weighted by atomic mass is 9.96. The van der Waals surface area contributed by atoms with E-state index >= 15 is 0 Å². The smallest absolute Gasteiger partial charge is 0.240 e. The van der Waals surface area contributed by atoms with Crippen molar-refractivity contribution in [1.29, 1.82) is 0 Å². The summed E-state index contributed by atoms with van der Waals surface area (Å²) >= 11 is 1.57. The van der Waals surface area contributed by atoms with Crippen LogP contribution in [0.3, 0.4) is 0 Å². The highest BCUT2D eigenvalue weighted by Crippen LogP contribution is 2.32. The van der Waals surface area contributed by atoms with Gasteiger partial charge in [-0.15, -0.1) is 11.8 Å². The van der Waals surface area contributed by atoms with E-state index in [0.29, 0.717) is 5.75 Å². The second-order valence-corrected chi connectivity index (χ2v) is 5.65. The SMILES string of the molecule is Cc1cccc(SCC(C)(C)C(=O)NN)c1N. The first kappa shape index (κ1) is 13.9. The maximum Gasteiger partial charge on any atom is 0.240 e. The van der Waals surface area contributed by atoms with E-state index in [9.17, 15) is 4.79 Å². The Morgan fingerprint density at radius 1 is 1.47 bits per heavy atom. The summed E-state index contributed by atoms with van der Waals surface area (Å²) in [5.41, 5.74) is 9.47. The highest BCUT2D eigenvalue weighted by Gasteiger charge is 2.27. The number of aryl methyl sites for hydroxylation is 1. The zero-order valence-corrected chi connectivity index (χ0v) is 11.2. The van der Waals surface area contributed by atoms with Crippen LogP contribution in [-0.2, 0) is 4.79 Å². The minimum atomic E-state index is -0.518. The largest absolute Gasteiger partial charge is 0.398 e. The van der Waals surface area contributed by atoms with Gasteiger partial charge in [0.05, 0.1) is 5.41 Å². The van der Waals surface area contributed by atoms with Gasteiger partial charge < -0.3 is 5.73 Å². The van der Waals surface area contributed by atoms with Gasteiger partial charge in [0, 0.05) is 16.3 Å². The maximum atomic E-state index is 11.5. The van der Waals surface area contributed by atoms with Crippen LogP contribution in [0.25, 0.3) is 0 Å². The first-order chi connectivity index (χ1) is 7.88. The number of anilines is 1. The van der Waals surface area contributed by atoms with E-state index in [4.69, 9.17) is 11.6 Å². The Morgan fingerprint density at radius 2 is 2.12 bits per heavy atom. The molecule has 0 aliphatic carbocycles. The van der Waals surface area contributed by atoms with Crippen molar-refractivity contribution >= 4 is 23.4 Å². The number of nitrogens with one attached hydrogen (secondary N) is 1. The Bertz CT molecular complexity index is 418. The van der Waals surface area contributed by atoms with Crippen molar-refractivity contribution in [3.8, 4) is 0 Å². The van der Waals surface area contributed by atoms with Crippen LogP contribution in [0.4, 0.5) is 5.69 Å². The second kappa shape index (κ2) is 5.42. The third-order valence-corrected chi connectivity index (χ3v) is 4.15. The number of para-hydroxylation sites is 1. The van der Waals surface area contributed by atoms with Gasteiger partial charge in [-0.05, 0) is 18.6 Å². The van der Waals surface area contributed by atoms with E-state index in [2.05, 4.69) is 5.43 Å². The Hall–Kier alpha value is -1.20. The normalized spacial score (nSPS) is 11.3. The lowest BCUT2D eigenvalue weighted by Gasteiger charge is -2.22. The van der Waals surface area contributed by atoms with Crippen molar-refractivity contribution in [2.45, 2.75) is 25.7 Å². The third kappa shape index (κ3) is 3.38. The average Bonchev–Trinajstić information content (AvgIpc) is 2.30. The van der Waals surface area contributed by atoms with Crippen LogP contribution in [0.1, 0.15) is 19.4 Å². The van der Waals surface area contributed by atoms with Crippen molar-refractivity contribution in [2.75, 3.05) is 11.5 Å². The molecular weight excluding hydrogens is 234 g/mol. The van der Waals surface area contributed by atoms with Crippen LogP contribution in [0, 0.1) is 12.3 Å². The number of benzene rings is 1. The molecule has 1 amide bonds. The molecule has 0 aliphatic heterocycles. The van der Waals surface area contributed by atoms with Gasteiger partial charge in [-0.1, -0.05) is 26.0 Å². The molecule has 0 aliphatic rings. The quantitative estimate of drug-likeness (QED) is 0.251. The Kier molecular flexibility index (Phi) is 4.42. The monoisotopic (exact) mass is 253 g/mol. The van der Waals surface area contributed by atoms with Gasteiger partial charge in [-0.3, -0.25) is 10.2 Å². The number of amides is 1. The summed E-state index contributed by atoms with van der Waals surface area (Å²) in [5.74, 6) is 5.61. The predicted octanol–water partition coefficient (Wildman–Crippen LogP) is 1.69. The molecule has 94 valence electrons. The molecule has 0 fully saturated rings. The minimum Gasteiger partial charge on any atom is -0.398 e. The van der Waals surface area contributed by atoms with Crippen molar-refractivity contribution in [1.82, 2.24) is 5.43 Å². The van der Waals surface area contributed by atoms with Crippen molar-refractivity contribution in [3.05, 3.63) is 23.8 Å². The molecule has 0 saturated carbocycles. The molecule has 0 unspecified atom stereocenters. The molecule has 0 bridgehead atoms. The summed E-state index contributed by atoms with van der Waals surface area (Å²) in [6.45, 7) is 5.68. The molecule has 0 spiro atoms. The summed E-state index contributed by atoms with van der Waals surface area (Å²) in [5, 5.41) is 0. The first-order valence-electron chi connectivity index (χ1n) is 5.37. The number of hydrazine groups is 1. The topological polar surface area (TPSA) is 81.1 Å². The van der Waals surface area contributed by atoms with Crippen LogP contribution in [0.2, 0.25) is 0 Å². The van der Waals surface area contributed by atoms with Crippen molar-refractivity contribution < 1.29 is 4.79 Å². The first-order valence-corrected chi connectivity index (χ1v) is 6.36. The predicted molar refractivity (Wildman–Crippen MR) is 72.4 cm³/mol. The molecular formula is C12H19N3OS. The summed E-state index contributed by atoms with van der Waals surface area (Å²) in [6, 6.07) is 5.89. The zero-order valence-electron chi connectivity index (χ0n) is 10.4. The maximum absolute atomic E-state index is 11.5. The van der Waals surface area contributed by atoms with Gasteiger partial charge in [-0.25, -0.2) is 5.84 Å². The van der Waals surface area contributed by atoms with Crippen LogP contribution in [0.5, 0.6) is 0 Å². The number of nitrogens with two attached hydrogens (primary N) is 2. The molecule has 4 nitrogen and oxygen atoms in total. The summed E-state index contributed by atoms with van der Waals surface area (Å²) in [6.07, 6.45) is 0. The van der Waals surface area contributed by atoms with Crippen molar-refractivity contribution in [2.24, 2.45) is 11.3 Å². The fraction of sp³-hybridized carbons (Fsp3) is 0.417. The number of carbonyl (C=O) groups excluding carboxylic acids is 1. The van der Waals surface area contributed by atoms with E-state index in [0.717, 1.165) is 16.1 Å². The Labute approximate surface area is 106 Å². The number of nitrogen functional groups attached to an aromatic ring is 1. The van der Waals surface area contributed by atoms with E-state index in [1.54, 1.807) is 11.8 Å². The highest BCUT2D eigenvalue weighted by molar-refractivity contribution is 7.99. The van der Waals surface area contributed by atoms with Crippen LogP contribution >= 0.6 is 11.8 Å². The van der Waals surface area contributed by atoms with E-state index in [-0.39, 0.29) is 5.91 Å². The standard InChI is InChI=1S/C12H19N3OS/c1-8-5-4-6-9(10(8)13)17-7-12(2,3)11(16)15-14/h4-6H,7,13-14H2,1-3H3,(H,15,16). The average molecular weight is 253 g/mol. The fourth-order valence-electron chi connectivity index (χ4n) is 1.30. The molecule has 0 aromatic heterocycles. The molecule has 5 N–H and O–H groups in total. The van der Waals surface area contributed by atoms with Crippen LogP contribution in [-0.4, -0.2) is 11.7 Å². The second-order valence-electron chi connectivity index (χ2n) is 4.63. The summed E-state index contributed by atoms with van der Waals surface area (Å²) in [7, 11) is 0. The van der Waals surface area contributed by atoms with E-state index in [1.807, 2.05) is 39.0 Å². The molecule has 1 aromatic rings. The van der Waals surface area contributed by atoms with Gasteiger partial charge in [0.15, 0.2) is 0 Å². The van der Waals surface area contributed by atoms with Gasteiger partial charge in [0.25, 0.3) is 0 Å². The van der Waals surface area contributed by atoms with Crippen LogP contribution in [0.15, 0.2) is 23.1 Å². The van der Waals surface area contributed by atoms with Crippen molar-refractivity contribution in [3.63, 3.8) is 0 Å². The Morgan fingerprint density at radius 3 is 2.71 bits per heavy atom. The molecule has 17 heavy (non-hydrogen) atoms. The van der Waals surface area contributed by atoms with Gasteiger partial charge >= 0.3 is 0 Å². The summed E-state index contributed by atoms with van der Waals surface area (Å²) in [4.78, 5) is 12.5. The minimum absolute atomic E-state index is 0.170.